The van der Waals surface area contributed by atoms with E-state index in [2.05, 4.69) is 31.3 Å². The summed E-state index contributed by atoms with van der Waals surface area (Å²) in [6, 6.07) is 8.25. The van der Waals surface area contributed by atoms with Crippen molar-refractivity contribution in [1.82, 2.24) is 5.32 Å². The zero-order valence-electron chi connectivity index (χ0n) is 15.0. The number of aliphatic carboxylic acids is 2. The number of aryl methyl sites for hydroxylation is 1. The van der Waals surface area contributed by atoms with Gasteiger partial charge in [-0.25, -0.2) is 9.59 Å². The molecule has 0 unspecified atom stereocenters. The van der Waals surface area contributed by atoms with E-state index in [1.807, 2.05) is 12.1 Å². The van der Waals surface area contributed by atoms with Crippen molar-refractivity contribution in [3.63, 3.8) is 0 Å². The Balaban J connectivity index is 0.000000823. The van der Waals surface area contributed by atoms with Crippen LogP contribution in [0, 0.1) is 0 Å². The highest BCUT2D eigenvalue weighted by Crippen LogP contribution is 2.12. The van der Waals surface area contributed by atoms with Crippen LogP contribution in [-0.4, -0.2) is 55.1 Å². The molecule has 0 aliphatic carbocycles. The number of hydrogen-bond acceptors (Lipinski definition) is 5. The largest absolute Gasteiger partial charge is 0.491 e. The summed E-state index contributed by atoms with van der Waals surface area (Å²) in [6.07, 6.45) is 3.53. The molecule has 7 nitrogen and oxygen atoms in total. The highest BCUT2D eigenvalue weighted by atomic mass is 16.5. The molecule has 0 fully saturated rings. The van der Waals surface area contributed by atoms with Crippen LogP contribution in [0.1, 0.15) is 32.3 Å². The molecule has 0 radical (unpaired) electrons. The van der Waals surface area contributed by atoms with Crippen LogP contribution < -0.4 is 10.1 Å². The van der Waals surface area contributed by atoms with Gasteiger partial charge in [-0.15, -0.1) is 0 Å². The molecule has 0 bridgehead atoms. The van der Waals surface area contributed by atoms with Crippen LogP contribution in [0.25, 0.3) is 0 Å². The van der Waals surface area contributed by atoms with Crippen LogP contribution in [0.4, 0.5) is 0 Å². The van der Waals surface area contributed by atoms with Crippen molar-refractivity contribution in [3.8, 4) is 5.75 Å². The number of ether oxygens (including phenoxy) is 2. The average Bonchev–Trinajstić information content (AvgIpc) is 2.61. The molecule has 0 aliphatic heterocycles. The Labute approximate surface area is 149 Å². The molecule has 25 heavy (non-hydrogen) atoms. The molecule has 0 saturated heterocycles. The van der Waals surface area contributed by atoms with Crippen molar-refractivity contribution in [2.24, 2.45) is 0 Å². The molecular weight excluding hydrogens is 326 g/mol. The van der Waals surface area contributed by atoms with Gasteiger partial charge < -0.3 is 25.0 Å². The van der Waals surface area contributed by atoms with E-state index in [4.69, 9.17) is 29.3 Å². The number of rotatable bonds is 11. The summed E-state index contributed by atoms with van der Waals surface area (Å²) in [5, 5.41) is 18.1. The lowest BCUT2D eigenvalue weighted by atomic mass is 10.2. The van der Waals surface area contributed by atoms with E-state index < -0.39 is 11.9 Å². The monoisotopic (exact) mass is 355 g/mol. The molecule has 0 atom stereocenters. The molecule has 3 N–H and O–H groups in total. The number of carboxylic acids is 2. The van der Waals surface area contributed by atoms with Crippen molar-refractivity contribution in [2.45, 2.75) is 33.1 Å². The van der Waals surface area contributed by atoms with Crippen LogP contribution in [0.5, 0.6) is 5.75 Å². The van der Waals surface area contributed by atoms with Gasteiger partial charge in [-0.05, 0) is 37.1 Å². The topological polar surface area (TPSA) is 105 Å². The molecular formula is C18H29NO6. The molecule has 1 rings (SSSR count). The van der Waals surface area contributed by atoms with Crippen LogP contribution in [0.3, 0.4) is 0 Å². The van der Waals surface area contributed by atoms with E-state index in [0.717, 1.165) is 31.9 Å². The molecule has 0 aromatic heterocycles. The fraction of sp³-hybridized carbons (Fsp3) is 0.556. The number of benzene rings is 1. The molecule has 1 aromatic rings. The summed E-state index contributed by atoms with van der Waals surface area (Å²) >= 11 is 0. The fourth-order valence-electron chi connectivity index (χ4n) is 1.71. The third-order valence-corrected chi connectivity index (χ3v) is 3.14. The quantitative estimate of drug-likeness (QED) is 0.413. The van der Waals surface area contributed by atoms with Crippen LogP contribution in [0.15, 0.2) is 24.3 Å². The lowest BCUT2D eigenvalue weighted by Gasteiger charge is -2.08. The van der Waals surface area contributed by atoms with E-state index >= 15 is 0 Å². The van der Waals surface area contributed by atoms with Crippen molar-refractivity contribution in [1.29, 1.82) is 0 Å². The second kappa shape index (κ2) is 15.4. The Morgan fingerprint density at radius 1 is 0.960 bits per heavy atom. The minimum Gasteiger partial charge on any atom is -0.491 e. The Morgan fingerprint density at radius 3 is 2.12 bits per heavy atom. The zero-order valence-corrected chi connectivity index (χ0v) is 15.0. The van der Waals surface area contributed by atoms with Gasteiger partial charge in [0.2, 0.25) is 0 Å². The van der Waals surface area contributed by atoms with Crippen molar-refractivity contribution >= 4 is 11.9 Å². The maximum absolute atomic E-state index is 9.10. The lowest BCUT2D eigenvalue weighted by Crippen LogP contribution is -2.21. The van der Waals surface area contributed by atoms with E-state index in [0.29, 0.717) is 13.2 Å². The standard InChI is InChI=1S/C16H27NO2.C2H2O4/c1-3-5-10-17-11-12-18-13-14-19-16-8-6-15(4-2)7-9-16;3-1(4)2(5)6/h6-9,17H,3-5,10-14H2,1-2H3;(H,3,4)(H,5,6). The van der Waals surface area contributed by atoms with Gasteiger partial charge >= 0.3 is 11.9 Å². The smallest absolute Gasteiger partial charge is 0.414 e. The Hall–Kier alpha value is -2.12. The number of carboxylic acid groups (broad SMARTS) is 2. The van der Waals surface area contributed by atoms with Gasteiger partial charge in [0, 0.05) is 6.54 Å². The van der Waals surface area contributed by atoms with E-state index in [9.17, 15) is 0 Å². The minimum atomic E-state index is -1.82. The first-order valence-corrected chi connectivity index (χ1v) is 8.47. The molecule has 0 saturated carbocycles. The minimum absolute atomic E-state index is 0.612. The van der Waals surface area contributed by atoms with Gasteiger partial charge in [0.1, 0.15) is 12.4 Å². The number of hydrogen-bond donors (Lipinski definition) is 3. The fourth-order valence-corrected chi connectivity index (χ4v) is 1.71. The van der Waals surface area contributed by atoms with Gasteiger partial charge in [0.15, 0.2) is 0 Å². The second-order valence-electron chi connectivity index (χ2n) is 5.17. The highest BCUT2D eigenvalue weighted by Gasteiger charge is 2.04. The maximum Gasteiger partial charge on any atom is 0.414 e. The predicted molar refractivity (Wildman–Crippen MR) is 95.2 cm³/mol. The Bertz CT molecular complexity index is 463. The summed E-state index contributed by atoms with van der Waals surface area (Å²) in [5.41, 5.74) is 1.33. The molecule has 0 aliphatic rings. The summed E-state index contributed by atoms with van der Waals surface area (Å²) in [6.45, 7) is 8.36. The lowest BCUT2D eigenvalue weighted by molar-refractivity contribution is -0.159. The summed E-state index contributed by atoms with van der Waals surface area (Å²) in [4.78, 5) is 18.2. The van der Waals surface area contributed by atoms with Crippen molar-refractivity contribution in [2.75, 3.05) is 32.9 Å². The summed E-state index contributed by atoms with van der Waals surface area (Å²) in [5.74, 6) is -2.73. The van der Waals surface area contributed by atoms with E-state index in [1.54, 1.807) is 0 Å². The van der Waals surface area contributed by atoms with Crippen LogP contribution in [-0.2, 0) is 20.7 Å². The van der Waals surface area contributed by atoms with Crippen molar-refractivity contribution < 1.29 is 29.3 Å². The first-order chi connectivity index (χ1) is 12.0. The second-order valence-corrected chi connectivity index (χ2v) is 5.17. The first kappa shape index (κ1) is 22.9. The molecule has 0 spiro atoms. The van der Waals surface area contributed by atoms with E-state index in [1.165, 1.54) is 18.4 Å². The Kier molecular flexibility index (Phi) is 14.1. The third kappa shape index (κ3) is 14.0. The number of unbranched alkanes of at least 4 members (excludes halogenated alkanes) is 1. The SMILES string of the molecule is CCCCNCCOCCOc1ccc(CC)cc1.O=C(O)C(=O)O. The van der Waals surface area contributed by atoms with Gasteiger partial charge in [0.25, 0.3) is 0 Å². The molecule has 142 valence electrons. The Morgan fingerprint density at radius 2 is 1.60 bits per heavy atom. The van der Waals surface area contributed by atoms with Gasteiger partial charge in [-0.3, -0.25) is 0 Å². The van der Waals surface area contributed by atoms with Gasteiger partial charge in [-0.1, -0.05) is 32.4 Å². The molecule has 7 heteroatoms. The average molecular weight is 355 g/mol. The molecule has 0 amide bonds. The number of nitrogens with one attached hydrogen (secondary N) is 1. The van der Waals surface area contributed by atoms with Crippen molar-refractivity contribution in [3.05, 3.63) is 29.8 Å². The molecule has 0 heterocycles. The van der Waals surface area contributed by atoms with Gasteiger partial charge in [0.05, 0.1) is 13.2 Å². The maximum atomic E-state index is 9.10. The first-order valence-electron chi connectivity index (χ1n) is 8.47. The zero-order chi connectivity index (χ0) is 18.9. The van der Waals surface area contributed by atoms with E-state index in [-0.39, 0.29) is 0 Å². The third-order valence-electron chi connectivity index (χ3n) is 3.14. The van der Waals surface area contributed by atoms with Crippen LogP contribution >= 0.6 is 0 Å². The van der Waals surface area contributed by atoms with Gasteiger partial charge in [-0.2, -0.15) is 0 Å². The highest BCUT2D eigenvalue weighted by molar-refractivity contribution is 6.27. The van der Waals surface area contributed by atoms with Crippen LogP contribution in [0.2, 0.25) is 0 Å². The summed E-state index contributed by atoms with van der Waals surface area (Å²) < 4.78 is 11.1. The normalized spacial score (nSPS) is 9.84. The predicted octanol–water partition coefficient (Wildman–Crippen LogP) is 2.19. The number of carbonyl (C=O) groups is 2. The summed E-state index contributed by atoms with van der Waals surface area (Å²) in [7, 11) is 0. The molecule has 1 aromatic carbocycles.